The summed E-state index contributed by atoms with van der Waals surface area (Å²) in [6.07, 6.45) is 3.35. The molecule has 1 atom stereocenters. The first-order chi connectivity index (χ1) is 9.08. The number of carbonyl (C=O) groups excluding carboxylic acids is 1. The molecule has 1 aromatic heterocycles. The molecule has 0 saturated carbocycles. The number of aromatic nitrogens is 2. The van der Waals surface area contributed by atoms with Gasteiger partial charge in [0.2, 0.25) is 0 Å². The summed E-state index contributed by atoms with van der Waals surface area (Å²) < 4.78 is 12.6. The maximum atomic E-state index is 12.2. The van der Waals surface area contributed by atoms with E-state index in [1.54, 1.807) is 29.0 Å². The molecule has 0 aliphatic carbocycles. The molecule has 2 heterocycles. The second kappa shape index (κ2) is 6.16. The standard InChI is InChI=1S/C13H21N3O3/c1-10(2)16-7-11(6-14-16)13(17)15(3)8-12-9-18-4-5-19-12/h6-7,10,12H,4-5,8-9H2,1-3H3/t12-/m1/s1. The van der Waals surface area contributed by atoms with Crippen molar-refractivity contribution in [3.8, 4) is 0 Å². The van der Waals surface area contributed by atoms with E-state index in [-0.39, 0.29) is 18.1 Å². The van der Waals surface area contributed by atoms with Crippen LogP contribution in [-0.2, 0) is 9.47 Å². The van der Waals surface area contributed by atoms with Crippen LogP contribution in [-0.4, -0.2) is 60.1 Å². The second-order valence-electron chi connectivity index (χ2n) is 5.06. The summed E-state index contributed by atoms with van der Waals surface area (Å²) in [5.41, 5.74) is 0.605. The van der Waals surface area contributed by atoms with Gasteiger partial charge in [-0.25, -0.2) is 0 Å². The van der Waals surface area contributed by atoms with Gasteiger partial charge in [0.1, 0.15) is 0 Å². The summed E-state index contributed by atoms with van der Waals surface area (Å²) in [6.45, 7) is 6.36. The highest BCUT2D eigenvalue weighted by Crippen LogP contribution is 2.09. The first kappa shape index (κ1) is 14.0. The fourth-order valence-corrected chi connectivity index (χ4v) is 1.98. The lowest BCUT2D eigenvalue weighted by Crippen LogP contribution is -2.40. The van der Waals surface area contributed by atoms with Crippen LogP contribution in [0.3, 0.4) is 0 Å². The van der Waals surface area contributed by atoms with E-state index in [9.17, 15) is 4.79 Å². The predicted octanol–water partition coefficient (Wildman–Crippen LogP) is 0.951. The van der Waals surface area contributed by atoms with Crippen molar-refractivity contribution < 1.29 is 14.3 Å². The van der Waals surface area contributed by atoms with E-state index in [4.69, 9.17) is 9.47 Å². The van der Waals surface area contributed by atoms with Crippen molar-refractivity contribution in [3.05, 3.63) is 18.0 Å². The van der Waals surface area contributed by atoms with E-state index in [0.717, 1.165) is 0 Å². The number of ether oxygens (including phenoxy) is 2. The van der Waals surface area contributed by atoms with Crippen molar-refractivity contribution in [2.45, 2.75) is 26.0 Å². The molecule has 1 amide bonds. The minimum Gasteiger partial charge on any atom is -0.376 e. The van der Waals surface area contributed by atoms with Crippen LogP contribution in [0.4, 0.5) is 0 Å². The van der Waals surface area contributed by atoms with Gasteiger partial charge in [-0.3, -0.25) is 9.48 Å². The van der Waals surface area contributed by atoms with Crippen LogP contribution in [0.2, 0.25) is 0 Å². The Morgan fingerprint density at radius 2 is 2.37 bits per heavy atom. The molecule has 0 unspecified atom stereocenters. The Labute approximate surface area is 113 Å². The first-order valence-corrected chi connectivity index (χ1v) is 6.57. The third-order valence-electron chi connectivity index (χ3n) is 3.09. The number of hydrogen-bond donors (Lipinski definition) is 0. The molecule has 106 valence electrons. The molecule has 1 aromatic rings. The molecule has 19 heavy (non-hydrogen) atoms. The Morgan fingerprint density at radius 1 is 1.58 bits per heavy atom. The van der Waals surface area contributed by atoms with Gasteiger partial charge in [-0.05, 0) is 13.8 Å². The van der Waals surface area contributed by atoms with E-state index >= 15 is 0 Å². The highest BCUT2D eigenvalue weighted by atomic mass is 16.6. The van der Waals surface area contributed by atoms with Gasteiger partial charge < -0.3 is 14.4 Å². The van der Waals surface area contributed by atoms with E-state index in [2.05, 4.69) is 5.10 Å². The second-order valence-corrected chi connectivity index (χ2v) is 5.06. The van der Waals surface area contributed by atoms with Gasteiger partial charge in [0.15, 0.2) is 0 Å². The average Bonchev–Trinajstić information content (AvgIpc) is 2.88. The van der Waals surface area contributed by atoms with E-state index in [0.29, 0.717) is 31.9 Å². The summed E-state index contributed by atoms with van der Waals surface area (Å²) in [5.74, 6) is -0.0407. The van der Waals surface area contributed by atoms with Crippen molar-refractivity contribution in [2.75, 3.05) is 33.4 Å². The monoisotopic (exact) mass is 267 g/mol. The molecular formula is C13H21N3O3. The lowest BCUT2D eigenvalue weighted by atomic mass is 10.2. The van der Waals surface area contributed by atoms with Crippen LogP contribution in [0, 0.1) is 0 Å². The number of nitrogens with zero attached hydrogens (tertiary/aromatic N) is 3. The maximum Gasteiger partial charge on any atom is 0.256 e. The highest BCUT2D eigenvalue weighted by molar-refractivity contribution is 5.93. The molecule has 1 saturated heterocycles. The molecule has 0 aromatic carbocycles. The lowest BCUT2D eigenvalue weighted by Gasteiger charge is -2.27. The SMILES string of the molecule is CC(C)n1cc(C(=O)N(C)C[C@@H]2COCCO2)cn1. The van der Waals surface area contributed by atoms with Crippen LogP contribution < -0.4 is 0 Å². The fourth-order valence-electron chi connectivity index (χ4n) is 1.98. The van der Waals surface area contributed by atoms with Gasteiger partial charge in [0.25, 0.3) is 5.91 Å². The van der Waals surface area contributed by atoms with Crippen LogP contribution >= 0.6 is 0 Å². The van der Waals surface area contributed by atoms with Gasteiger partial charge in [-0.2, -0.15) is 5.10 Å². The molecule has 0 bridgehead atoms. The Bertz CT molecular complexity index is 425. The molecule has 1 aliphatic rings. The normalized spacial score (nSPS) is 19.7. The zero-order valence-corrected chi connectivity index (χ0v) is 11.7. The molecule has 0 N–H and O–H groups in total. The Balaban J connectivity index is 1.93. The van der Waals surface area contributed by atoms with Gasteiger partial charge in [0.05, 0.1) is 37.7 Å². The zero-order valence-electron chi connectivity index (χ0n) is 11.7. The Morgan fingerprint density at radius 3 is 2.95 bits per heavy atom. The zero-order chi connectivity index (χ0) is 13.8. The summed E-state index contributed by atoms with van der Waals surface area (Å²) in [5, 5.41) is 4.18. The maximum absolute atomic E-state index is 12.2. The van der Waals surface area contributed by atoms with Gasteiger partial charge in [-0.15, -0.1) is 0 Å². The van der Waals surface area contributed by atoms with Crippen molar-refractivity contribution in [1.29, 1.82) is 0 Å². The topological polar surface area (TPSA) is 56.6 Å². The minimum atomic E-state index is -0.0407. The van der Waals surface area contributed by atoms with E-state index in [1.165, 1.54) is 0 Å². The van der Waals surface area contributed by atoms with Crippen molar-refractivity contribution in [1.82, 2.24) is 14.7 Å². The molecule has 2 rings (SSSR count). The summed E-state index contributed by atoms with van der Waals surface area (Å²) in [7, 11) is 1.77. The van der Waals surface area contributed by atoms with Crippen LogP contribution in [0.1, 0.15) is 30.2 Å². The number of likely N-dealkylation sites (N-methyl/N-ethyl adjacent to an activating group) is 1. The van der Waals surface area contributed by atoms with Crippen LogP contribution in [0.25, 0.3) is 0 Å². The van der Waals surface area contributed by atoms with Crippen LogP contribution in [0.15, 0.2) is 12.4 Å². The summed E-state index contributed by atoms with van der Waals surface area (Å²) in [4.78, 5) is 13.9. The fraction of sp³-hybridized carbons (Fsp3) is 0.692. The first-order valence-electron chi connectivity index (χ1n) is 6.57. The molecule has 1 aliphatic heterocycles. The van der Waals surface area contributed by atoms with E-state index in [1.807, 2.05) is 13.8 Å². The van der Waals surface area contributed by atoms with Gasteiger partial charge in [0, 0.05) is 25.8 Å². The minimum absolute atomic E-state index is 0.0390. The van der Waals surface area contributed by atoms with Crippen LogP contribution in [0.5, 0.6) is 0 Å². The lowest BCUT2D eigenvalue weighted by molar-refractivity contribution is -0.0933. The largest absolute Gasteiger partial charge is 0.376 e. The average molecular weight is 267 g/mol. The summed E-state index contributed by atoms with van der Waals surface area (Å²) >= 11 is 0. The number of carbonyl (C=O) groups is 1. The van der Waals surface area contributed by atoms with Gasteiger partial charge in [-0.1, -0.05) is 0 Å². The third-order valence-corrected chi connectivity index (χ3v) is 3.09. The predicted molar refractivity (Wildman–Crippen MR) is 70.1 cm³/mol. The van der Waals surface area contributed by atoms with Crippen molar-refractivity contribution in [3.63, 3.8) is 0 Å². The third kappa shape index (κ3) is 3.54. The molecule has 6 nitrogen and oxygen atoms in total. The molecular weight excluding hydrogens is 246 g/mol. The molecule has 1 fully saturated rings. The van der Waals surface area contributed by atoms with Crippen molar-refractivity contribution in [2.24, 2.45) is 0 Å². The molecule has 0 spiro atoms. The van der Waals surface area contributed by atoms with Crippen molar-refractivity contribution >= 4 is 5.91 Å². The quantitative estimate of drug-likeness (QED) is 0.815. The smallest absolute Gasteiger partial charge is 0.256 e. The van der Waals surface area contributed by atoms with E-state index < -0.39 is 0 Å². The molecule has 0 radical (unpaired) electrons. The summed E-state index contributed by atoms with van der Waals surface area (Å²) in [6, 6.07) is 0.252. The number of amides is 1. The van der Waals surface area contributed by atoms with Gasteiger partial charge >= 0.3 is 0 Å². The number of hydrogen-bond acceptors (Lipinski definition) is 4. The number of rotatable bonds is 4. The molecule has 6 heteroatoms. The highest BCUT2D eigenvalue weighted by Gasteiger charge is 2.21. The Hall–Kier alpha value is -1.40. The Kier molecular flexibility index (Phi) is 4.55.